The van der Waals surface area contributed by atoms with Crippen LogP contribution in [0.3, 0.4) is 0 Å². The second kappa shape index (κ2) is 8.79. The molecule has 1 saturated heterocycles. The van der Waals surface area contributed by atoms with Crippen molar-refractivity contribution in [3.05, 3.63) is 74.7 Å². The predicted octanol–water partition coefficient (Wildman–Crippen LogP) is 1.49. The van der Waals surface area contributed by atoms with Gasteiger partial charge in [-0.3, -0.25) is 19.5 Å². The number of nitrogens with zero attached hydrogens (tertiary/aromatic N) is 3. The first-order valence-corrected chi connectivity index (χ1v) is 10.6. The number of nitrogens with one attached hydrogen (secondary N) is 3. The summed E-state index contributed by atoms with van der Waals surface area (Å²) in [6, 6.07) is 12.3. The van der Waals surface area contributed by atoms with Gasteiger partial charge in [0.2, 0.25) is 0 Å². The lowest BCUT2D eigenvalue weighted by Gasteiger charge is -2.30. The van der Waals surface area contributed by atoms with E-state index in [1.54, 1.807) is 48.7 Å². The van der Waals surface area contributed by atoms with Crippen LogP contribution in [-0.4, -0.2) is 47.4 Å². The summed E-state index contributed by atoms with van der Waals surface area (Å²) in [5.41, 5.74) is 7.20. The van der Waals surface area contributed by atoms with Crippen LogP contribution in [0, 0.1) is 0 Å². The number of H-pyrrole nitrogens is 1. The van der Waals surface area contributed by atoms with Crippen LogP contribution < -0.4 is 32.1 Å². The molecule has 4 aromatic rings. The van der Waals surface area contributed by atoms with Crippen LogP contribution in [0.1, 0.15) is 10.4 Å². The molecule has 0 saturated carbocycles. The summed E-state index contributed by atoms with van der Waals surface area (Å²) in [7, 11) is 0. The lowest BCUT2D eigenvalue weighted by Crippen LogP contribution is -2.46. The molecule has 2 aromatic carbocycles. The summed E-state index contributed by atoms with van der Waals surface area (Å²) in [6.07, 6.45) is 1.62. The zero-order valence-corrected chi connectivity index (χ0v) is 18.0. The number of amides is 1. The van der Waals surface area contributed by atoms with E-state index in [2.05, 4.69) is 25.8 Å². The van der Waals surface area contributed by atoms with Gasteiger partial charge in [-0.15, -0.1) is 0 Å². The van der Waals surface area contributed by atoms with E-state index in [0.717, 1.165) is 0 Å². The molecule has 5 N–H and O–H groups in total. The quantitative estimate of drug-likeness (QED) is 0.301. The van der Waals surface area contributed by atoms with Crippen molar-refractivity contribution >= 4 is 34.6 Å². The molecule has 3 heterocycles. The second-order valence-corrected chi connectivity index (χ2v) is 7.71. The Morgan fingerprint density at radius 1 is 1.03 bits per heavy atom. The molecule has 1 fully saturated rings. The number of anilines is 5. The van der Waals surface area contributed by atoms with Crippen LogP contribution >= 0.6 is 0 Å². The maximum atomic E-state index is 12.2. The van der Waals surface area contributed by atoms with Crippen LogP contribution in [0.2, 0.25) is 0 Å². The van der Waals surface area contributed by atoms with E-state index in [-0.39, 0.29) is 17.1 Å². The fourth-order valence-electron chi connectivity index (χ4n) is 3.89. The van der Waals surface area contributed by atoms with Gasteiger partial charge in [-0.1, -0.05) is 18.2 Å². The smallest absolute Gasteiger partial charge is 0.254 e. The molecular weight excluding hydrogens is 438 g/mol. The van der Waals surface area contributed by atoms with Gasteiger partial charge in [0, 0.05) is 30.5 Å². The minimum atomic E-state index is -0.650. The van der Waals surface area contributed by atoms with Crippen LogP contribution in [0.4, 0.5) is 28.7 Å². The first-order valence-electron chi connectivity index (χ1n) is 10.6. The van der Waals surface area contributed by atoms with Gasteiger partial charge in [0.05, 0.1) is 18.9 Å². The van der Waals surface area contributed by atoms with Gasteiger partial charge >= 0.3 is 0 Å². The van der Waals surface area contributed by atoms with Crippen molar-refractivity contribution in [3.8, 4) is 11.3 Å². The molecule has 1 aliphatic heterocycles. The minimum Gasteiger partial charge on any atom is -0.378 e. The number of hydrogen-bond donors (Lipinski definition) is 4. The fourth-order valence-corrected chi connectivity index (χ4v) is 3.89. The summed E-state index contributed by atoms with van der Waals surface area (Å²) >= 11 is 0. The number of nitrogens with two attached hydrogens (primary N) is 1. The van der Waals surface area contributed by atoms with Gasteiger partial charge in [0.15, 0.2) is 5.82 Å². The van der Waals surface area contributed by atoms with Gasteiger partial charge < -0.3 is 26.0 Å². The van der Waals surface area contributed by atoms with Crippen LogP contribution in [0.15, 0.2) is 58.3 Å². The standard InChI is InChI=1S/C23H21N7O4/c24-22(33)16-17(28-29-23(16)27-15-3-1-2-8-25-15)13-4-6-14(7-5-13)26-18-19(21(32)20(18)31)30-9-11-34-12-10-30/h1-8,26H,9-12H2,(H2,24,33)(H2,25,27,28,29). The zero-order valence-electron chi connectivity index (χ0n) is 18.0. The Hall–Kier alpha value is -4.51. The number of carbonyl (C=O) groups is 1. The number of rotatable bonds is 7. The van der Waals surface area contributed by atoms with Crippen molar-refractivity contribution < 1.29 is 9.53 Å². The number of pyridine rings is 1. The van der Waals surface area contributed by atoms with Crippen molar-refractivity contribution in [2.45, 2.75) is 0 Å². The second-order valence-electron chi connectivity index (χ2n) is 7.71. The van der Waals surface area contributed by atoms with E-state index >= 15 is 0 Å². The SMILES string of the molecule is NC(=O)c1c(Nc2ccccn2)n[nH]c1-c1ccc(Nc2c(N3CCOCC3)c(=O)c2=O)cc1. The number of aromatic amines is 1. The molecule has 11 heteroatoms. The highest BCUT2D eigenvalue weighted by Crippen LogP contribution is 2.30. The Bertz CT molecular complexity index is 1400. The van der Waals surface area contributed by atoms with Gasteiger partial charge in [0.1, 0.15) is 22.8 Å². The molecule has 0 unspecified atom stereocenters. The lowest BCUT2D eigenvalue weighted by molar-refractivity contribution is 0.100. The molecule has 0 aliphatic carbocycles. The first kappa shape index (κ1) is 21.3. The Balaban J connectivity index is 1.38. The van der Waals surface area contributed by atoms with Gasteiger partial charge in [-0.05, 0) is 24.3 Å². The molecule has 1 amide bonds. The van der Waals surface area contributed by atoms with Crippen molar-refractivity contribution in [3.63, 3.8) is 0 Å². The molecule has 11 nitrogen and oxygen atoms in total. The molecule has 172 valence electrons. The Labute approximate surface area is 193 Å². The molecule has 0 spiro atoms. The van der Waals surface area contributed by atoms with E-state index in [0.29, 0.717) is 54.8 Å². The van der Waals surface area contributed by atoms with E-state index in [1.165, 1.54) is 0 Å². The fraction of sp³-hybridized carbons (Fsp3) is 0.174. The maximum Gasteiger partial charge on any atom is 0.254 e. The largest absolute Gasteiger partial charge is 0.378 e. The Kier molecular flexibility index (Phi) is 5.52. The Morgan fingerprint density at radius 2 is 1.79 bits per heavy atom. The zero-order chi connectivity index (χ0) is 23.7. The number of aromatic nitrogens is 3. The third-order valence-electron chi connectivity index (χ3n) is 5.58. The molecule has 1 aliphatic rings. The number of hydrogen-bond acceptors (Lipinski definition) is 9. The summed E-state index contributed by atoms with van der Waals surface area (Å²) in [4.78, 5) is 42.5. The third kappa shape index (κ3) is 3.88. The highest BCUT2D eigenvalue weighted by molar-refractivity contribution is 6.04. The molecule has 2 aromatic heterocycles. The average Bonchev–Trinajstić information content (AvgIpc) is 3.29. The van der Waals surface area contributed by atoms with E-state index in [1.807, 2.05) is 4.90 Å². The Morgan fingerprint density at radius 3 is 2.47 bits per heavy atom. The first-order chi connectivity index (χ1) is 16.5. The monoisotopic (exact) mass is 459 g/mol. The van der Waals surface area contributed by atoms with Gasteiger partial charge in [-0.25, -0.2) is 4.98 Å². The molecular formula is C23H21N7O4. The molecule has 5 rings (SSSR count). The number of primary amides is 1. The van der Waals surface area contributed by atoms with Gasteiger partial charge in [0.25, 0.3) is 16.8 Å². The van der Waals surface area contributed by atoms with Crippen molar-refractivity contribution in [2.75, 3.05) is 41.8 Å². The summed E-state index contributed by atoms with van der Waals surface area (Å²) in [6.45, 7) is 2.14. The summed E-state index contributed by atoms with van der Waals surface area (Å²) in [5.74, 6) is 0.136. The van der Waals surface area contributed by atoms with E-state index in [9.17, 15) is 14.4 Å². The van der Waals surface area contributed by atoms with Crippen molar-refractivity contribution in [2.24, 2.45) is 5.73 Å². The number of morpholine rings is 1. The van der Waals surface area contributed by atoms with Crippen molar-refractivity contribution in [1.82, 2.24) is 15.2 Å². The molecule has 34 heavy (non-hydrogen) atoms. The maximum absolute atomic E-state index is 12.2. The predicted molar refractivity (Wildman–Crippen MR) is 128 cm³/mol. The number of benzene rings is 1. The van der Waals surface area contributed by atoms with Crippen LogP contribution in [0.25, 0.3) is 11.3 Å². The lowest BCUT2D eigenvalue weighted by atomic mass is 10.1. The summed E-state index contributed by atoms with van der Waals surface area (Å²) < 4.78 is 5.32. The minimum absolute atomic E-state index is 0.198. The summed E-state index contributed by atoms with van der Waals surface area (Å²) in [5, 5.41) is 13.1. The van der Waals surface area contributed by atoms with Crippen LogP contribution in [0.5, 0.6) is 0 Å². The highest BCUT2D eigenvalue weighted by atomic mass is 16.5. The van der Waals surface area contributed by atoms with Crippen LogP contribution in [-0.2, 0) is 4.74 Å². The third-order valence-corrected chi connectivity index (χ3v) is 5.58. The van der Waals surface area contributed by atoms with E-state index in [4.69, 9.17) is 10.5 Å². The number of carbonyl (C=O) groups excluding carboxylic acids is 1. The van der Waals surface area contributed by atoms with Crippen molar-refractivity contribution in [1.29, 1.82) is 0 Å². The number of ether oxygens (including phenoxy) is 1. The molecule has 0 atom stereocenters. The topological polar surface area (TPSA) is 155 Å². The average molecular weight is 459 g/mol. The van der Waals surface area contributed by atoms with E-state index < -0.39 is 16.8 Å². The highest BCUT2D eigenvalue weighted by Gasteiger charge is 2.27. The molecule has 0 radical (unpaired) electrons. The van der Waals surface area contributed by atoms with Gasteiger partial charge in [-0.2, -0.15) is 5.10 Å². The molecule has 0 bridgehead atoms. The normalized spacial score (nSPS) is 13.7.